The van der Waals surface area contributed by atoms with Crippen molar-refractivity contribution in [3.05, 3.63) is 54.0 Å². The predicted molar refractivity (Wildman–Crippen MR) is 105 cm³/mol. The van der Waals surface area contributed by atoms with Gasteiger partial charge in [0.15, 0.2) is 0 Å². The van der Waals surface area contributed by atoms with E-state index in [9.17, 15) is 9.90 Å². The number of amides is 1. The van der Waals surface area contributed by atoms with Gasteiger partial charge in [-0.3, -0.25) is 9.78 Å². The Morgan fingerprint density at radius 3 is 2.74 bits per heavy atom. The Bertz CT molecular complexity index is 736. The molecule has 1 aliphatic heterocycles. The minimum Gasteiger partial charge on any atom is -0.390 e. The number of hydrogen-bond acceptors (Lipinski definition) is 6. The number of aliphatic hydroxyl groups is 1. The number of nitrogens with one attached hydrogen (secondary N) is 1. The minimum atomic E-state index is -0.399. The molecule has 0 saturated carbocycles. The van der Waals surface area contributed by atoms with Crippen molar-refractivity contribution in [1.82, 2.24) is 20.2 Å². The number of likely N-dealkylation sites (N-methyl/N-ethyl adjacent to an activating group) is 1. The quantitative estimate of drug-likeness (QED) is 0.708. The van der Waals surface area contributed by atoms with Crippen molar-refractivity contribution in [3.8, 4) is 0 Å². The summed E-state index contributed by atoms with van der Waals surface area (Å²) in [4.78, 5) is 25.0. The molecule has 3 rings (SSSR count). The van der Waals surface area contributed by atoms with Crippen LogP contribution in [0.3, 0.4) is 0 Å². The number of anilines is 1. The molecule has 7 nitrogen and oxygen atoms in total. The first-order valence-electron chi connectivity index (χ1n) is 9.28. The molecular formula is C20H27N5O2. The van der Waals surface area contributed by atoms with Gasteiger partial charge in [-0.15, -0.1) is 0 Å². The van der Waals surface area contributed by atoms with E-state index in [4.69, 9.17) is 0 Å². The zero-order valence-corrected chi connectivity index (χ0v) is 15.9. The Hall–Kier alpha value is -2.51. The van der Waals surface area contributed by atoms with Crippen molar-refractivity contribution in [2.45, 2.75) is 25.0 Å². The van der Waals surface area contributed by atoms with Gasteiger partial charge in [0, 0.05) is 37.7 Å². The van der Waals surface area contributed by atoms with Crippen molar-refractivity contribution in [2.75, 3.05) is 38.6 Å². The first-order chi connectivity index (χ1) is 13.0. The molecule has 1 aliphatic rings. The lowest BCUT2D eigenvalue weighted by molar-refractivity contribution is 0.0952. The largest absolute Gasteiger partial charge is 0.390 e. The molecule has 0 bridgehead atoms. The lowest BCUT2D eigenvalue weighted by atomic mass is 10.2. The minimum absolute atomic E-state index is 0.0916. The summed E-state index contributed by atoms with van der Waals surface area (Å²) in [7, 11) is 3.93. The average Bonchev–Trinajstić information content (AvgIpc) is 3.08. The Morgan fingerprint density at radius 1 is 1.26 bits per heavy atom. The number of carbonyl (C=O) groups excluding carboxylic acids is 1. The van der Waals surface area contributed by atoms with E-state index in [0.29, 0.717) is 18.7 Å². The molecule has 27 heavy (non-hydrogen) atoms. The zero-order valence-electron chi connectivity index (χ0n) is 15.9. The summed E-state index contributed by atoms with van der Waals surface area (Å²) in [6.45, 7) is 1.87. The van der Waals surface area contributed by atoms with Gasteiger partial charge in [-0.2, -0.15) is 0 Å². The summed E-state index contributed by atoms with van der Waals surface area (Å²) >= 11 is 0. The molecule has 1 amide bonds. The highest BCUT2D eigenvalue weighted by Gasteiger charge is 2.33. The normalized spacial score (nSPS) is 19.5. The topological polar surface area (TPSA) is 81.6 Å². The number of nitrogens with zero attached hydrogens (tertiary/aromatic N) is 4. The van der Waals surface area contributed by atoms with Crippen LogP contribution in [-0.2, 0) is 6.42 Å². The maximum Gasteiger partial charge on any atom is 0.252 e. The number of rotatable bonds is 7. The fraction of sp³-hybridized carbons (Fsp3) is 0.450. The van der Waals surface area contributed by atoms with Crippen molar-refractivity contribution >= 4 is 11.7 Å². The van der Waals surface area contributed by atoms with Crippen molar-refractivity contribution in [2.24, 2.45) is 0 Å². The Morgan fingerprint density at radius 2 is 2.11 bits per heavy atom. The van der Waals surface area contributed by atoms with Crippen LogP contribution in [0, 0.1) is 0 Å². The second kappa shape index (κ2) is 8.92. The molecule has 0 unspecified atom stereocenters. The second-order valence-electron chi connectivity index (χ2n) is 7.09. The third-order valence-electron chi connectivity index (χ3n) is 4.88. The summed E-state index contributed by atoms with van der Waals surface area (Å²) in [6.07, 6.45) is 4.65. The molecule has 1 saturated heterocycles. The van der Waals surface area contributed by atoms with E-state index in [0.717, 1.165) is 30.9 Å². The summed E-state index contributed by atoms with van der Waals surface area (Å²) in [5, 5.41) is 13.1. The van der Waals surface area contributed by atoms with E-state index in [1.165, 1.54) is 0 Å². The highest BCUT2D eigenvalue weighted by Crippen LogP contribution is 2.20. The Kier molecular flexibility index (Phi) is 6.36. The van der Waals surface area contributed by atoms with Gasteiger partial charge >= 0.3 is 0 Å². The first kappa shape index (κ1) is 19.3. The number of carbonyl (C=O) groups is 1. The fourth-order valence-corrected chi connectivity index (χ4v) is 3.29. The fourth-order valence-electron chi connectivity index (χ4n) is 3.29. The average molecular weight is 369 g/mol. The molecule has 144 valence electrons. The van der Waals surface area contributed by atoms with Crippen LogP contribution in [0.15, 0.2) is 42.7 Å². The molecule has 2 aromatic rings. The molecule has 1 fully saturated rings. The van der Waals surface area contributed by atoms with Crippen LogP contribution in [0.4, 0.5) is 5.82 Å². The standard InChI is InChI=1S/C20H27N5O2/c1-24(2)17-13-25(14-18(17)26)19-9-8-15(12-23-19)20(27)22-11-5-7-16-6-3-4-10-21-16/h3-4,6,8-10,12,17-18,26H,5,7,11,13-14H2,1-2H3,(H,22,27)/t17-,18-/m0/s1. The van der Waals surface area contributed by atoms with Gasteiger partial charge in [0.2, 0.25) is 0 Å². The van der Waals surface area contributed by atoms with Gasteiger partial charge < -0.3 is 20.2 Å². The predicted octanol–water partition coefficient (Wildman–Crippen LogP) is 0.950. The number of pyridine rings is 2. The highest BCUT2D eigenvalue weighted by atomic mass is 16.3. The van der Waals surface area contributed by atoms with Crippen LogP contribution in [0.25, 0.3) is 0 Å². The lowest BCUT2D eigenvalue weighted by Crippen LogP contribution is -2.38. The summed E-state index contributed by atoms with van der Waals surface area (Å²) in [5.74, 6) is 0.660. The molecule has 0 aliphatic carbocycles. The van der Waals surface area contributed by atoms with Crippen LogP contribution in [0.1, 0.15) is 22.5 Å². The molecule has 2 atom stereocenters. The Balaban J connectivity index is 1.47. The number of aryl methyl sites for hydroxylation is 1. The van der Waals surface area contributed by atoms with Crippen molar-refractivity contribution in [1.29, 1.82) is 0 Å². The van der Waals surface area contributed by atoms with E-state index in [1.54, 1.807) is 18.5 Å². The zero-order chi connectivity index (χ0) is 19.2. The van der Waals surface area contributed by atoms with Gasteiger partial charge in [-0.1, -0.05) is 6.07 Å². The van der Waals surface area contributed by atoms with Crippen molar-refractivity contribution in [3.63, 3.8) is 0 Å². The van der Waals surface area contributed by atoms with Crippen molar-refractivity contribution < 1.29 is 9.90 Å². The molecule has 2 aromatic heterocycles. The van der Waals surface area contributed by atoms with Crippen LogP contribution in [0.2, 0.25) is 0 Å². The molecular weight excluding hydrogens is 342 g/mol. The van der Waals surface area contributed by atoms with E-state index in [2.05, 4.69) is 15.3 Å². The van der Waals surface area contributed by atoms with E-state index >= 15 is 0 Å². The second-order valence-corrected chi connectivity index (χ2v) is 7.09. The Labute approximate surface area is 160 Å². The van der Waals surface area contributed by atoms with Gasteiger partial charge in [0.25, 0.3) is 5.91 Å². The highest BCUT2D eigenvalue weighted by molar-refractivity contribution is 5.94. The maximum atomic E-state index is 12.3. The van der Waals surface area contributed by atoms with Gasteiger partial charge in [-0.25, -0.2) is 4.98 Å². The van der Waals surface area contributed by atoms with Gasteiger partial charge in [-0.05, 0) is 51.2 Å². The van der Waals surface area contributed by atoms with Crippen LogP contribution >= 0.6 is 0 Å². The third-order valence-corrected chi connectivity index (χ3v) is 4.88. The van der Waals surface area contributed by atoms with Crippen LogP contribution < -0.4 is 10.2 Å². The van der Waals surface area contributed by atoms with E-state index < -0.39 is 6.10 Å². The molecule has 7 heteroatoms. The summed E-state index contributed by atoms with van der Waals surface area (Å²) in [5.41, 5.74) is 1.57. The molecule has 3 heterocycles. The molecule has 2 N–H and O–H groups in total. The molecule has 0 radical (unpaired) electrons. The first-order valence-corrected chi connectivity index (χ1v) is 9.28. The maximum absolute atomic E-state index is 12.3. The monoisotopic (exact) mass is 369 g/mol. The summed E-state index contributed by atoms with van der Waals surface area (Å²) < 4.78 is 0. The summed E-state index contributed by atoms with van der Waals surface area (Å²) in [6, 6.07) is 9.56. The van der Waals surface area contributed by atoms with Gasteiger partial charge in [0.1, 0.15) is 5.82 Å². The molecule has 0 aromatic carbocycles. The third kappa shape index (κ3) is 5.02. The van der Waals surface area contributed by atoms with Gasteiger partial charge in [0.05, 0.1) is 17.7 Å². The number of hydrogen-bond donors (Lipinski definition) is 2. The SMILES string of the molecule is CN(C)[C@H]1CN(c2ccc(C(=O)NCCCc3ccccn3)cn2)C[C@@H]1O. The smallest absolute Gasteiger partial charge is 0.252 e. The van der Waals surface area contributed by atoms with E-state index in [-0.39, 0.29) is 11.9 Å². The van der Waals surface area contributed by atoms with E-state index in [1.807, 2.05) is 48.2 Å². The number of β-amino-alcohol motifs (C(OH)–C–C–N with tert-alkyl or cyclic N) is 1. The number of aromatic nitrogens is 2. The van der Waals surface area contributed by atoms with Crippen LogP contribution in [-0.4, -0.2) is 71.8 Å². The number of aliphatic hydroxyl groups excluding tert-OH is 1. The molecule has 0 spiro atoms. The van der Waals surface area contributed by atoms with Crippen LogP contribution in [0.5, 0.6) is 0 Å². The lowest BCUT2D eigenvalue weighted by Gasteiger charge is -2.21.